The standard InChI is InChI=1S/C25H30N6OS/c1-17-5-12-27-23(15-17)30-22-4-2-3-20(29-22)21-16-28-24(33-21)18-8-13-31(14-9-18)25(32)19-6-10-26-11-7-19/h2-5,12,15-16,18-19,26H,6-11,13-14H2,1H3,(H,27,29,30). The Morgan fingerprint density at radius 2 is 1.91 bits per heavy atom. The van der Waals surface area contributed by atoms with Crippen LogP contribution in [-0.4, -0.2) is 51.9 Å². The van der Waals surface area contributed by atoms with E-state index in [1.54, 1.807) is 17.5 Å². The van der Waals surface area contributed by atoms with Crippen molar-refractivity contribution in [2.75, 3.05) is 31.5 Å². The summed E-state index contributed by atoms with van der Waals surface area (Å²) >= 11 is 1.72. The maximum atomic E-state index is 12.8. The summed E-state index contributed by atoms with van der Waals surface area (Å²) in [4.78, 5) is 29.9. The van der Waals surface area contributed by atoms with Crippen molar-refractivity contribution < 1.29 is 4.79 Å². The van der Waals surface area contributed by atoms with Crippen LogP contribution in [0.25, 0.3) is 10.6 Å². The Labute approximate surface area is 198 Å². The first-order chi connectivity index (χ1) is 16.2. The summed E-state index contributed by atoms with van der Waals surface area (Å²) in [6.07, 6.45) is 7.63. The molecule has 2 saturated heterocycles. The van der Waals surface area contributed by atoms with Gasteiger partial charge in [0, 0.05) is 37.3 Å². The van der Waals surface area contributed by atoms with Gasteiger partial charge < -0.3 is 15.5 Å². The van der Waals surface area contributed by atoms with Crippen LogP contribution in [0.4, 0.5) is 11.6 Å². The molecule has 0 radical (unpaired) electrons. The van der Waals surface area contributed by atoms with Crippen molar-refractivity contribution in [2.45, 2.75) is 38.5 Å². The summed E-state index contributed by atoms with van der Waals surface area (Å²) in [5.41, 5.74) is 2.06. The number of carbonyl (C=O) groups excluding carboxylic acids is 1. The predicted molar refractivity (Wildman–Crippen MR) is 132 cm³/mol. The number of amides is 1. The fourth-order valence-electron chi connectivity index (χ4n) is 4.65. The molecule has 0 unspecified atom stereocenters. The molecule has 7 nitrogen and oxygen atoms in total. The van der Waals surface area contributed by atoms with Gasteiger partial charge in [0.2, 0.25) is 5.91 Å². The van der Waals surface area contributed by atoms with Gasteiger partial charge in [-0.3, -0.25) is 4.79 Å². The number of nitrogens with one attached hydrogen (secondary N) is 2. The molecule has 172 valence electrons. The van der Waals surface area contributed by atoms with Gasteiger partial charge in [-0.15, -0.1) is 11.3 Å². The number of aromatic nitrogens is 3. The lowest BCUT2D eigenvalue weighted by Gasteiger charge is -2.34. The fourth-order valence-corrected chi connectivity index (χ4v) is 5.70. The minimum atomic E-state index is 0.205. The van der Waals surface area contributed by atoms with Crippen LogP contribution in [0, 0.1) is 12.8 Å². The molecule has 3 aromatic heterocycles. The van der Waals surface area contributed by atoms with Crippen LogP contribution in [0.15, 0.2) is 42.7 Å². The Morgan fingerprint density at radius 1 is 1.09 bits per heavy atom. The lowest BCUT2D eigenvalue weighted by molar-refractivity contribution is -0.137. The Bertz CT molecular complexity index is 1100. The van der Waals surface area contributed by atoms with Crippen LogP contribution < -0.4 is 10.6 Å². The summed E-state index contributed by atoms with van der Waals surface area (Å²) < 4.78 is 0. The van der Waals surface area contributed by atoms with Crippen molar-refractivity contribution in [1.29, 1.82) is 0 Å². The number of nitrogens with zero attached hydrogens (tertiary/aromatic N) is 4. The summed E-state index contributed by atoms with van der Waals surface area (Å²) in [7, 11) is 0. The van der Waals surface area contributed by atoms with Crippen molar-refractivity contribution in [2.24, 2.45) is 5.92 Å². The largest absolute Gasteiger partial charge is 0.342 e. The van der Waals surface area contributed by atoms with Gasteiger partial charge >= 0.3 is 0 Å². The number of hydrogen-bond donors (Lipinski definition) is 2. The van der Waals surface area contributed by atoms with Crippen LogP contribution >= 0.6 is 11.3 Å². The molecule has 8 heteroatoms. The van der Waals surface area contributed by atoms with E-state index in [0.717, 1.165) is 84.6 Å². The minimum absolute atomic E-state index is 0.205. The van der Waals surface area contributed by atoms with E-state index in [-0.39, 0.29) is 5.92 Å². The van der Waals surface area contributed by atoms with Gasteiger partial charge in [-0.2, -0.15) is 0 Å². The van der Waals surface area contributed by atoms with Crippen LogP contribution in [0.3, 0.4) is 0 Å². The second kappa shape index (κ2) is 9.97. The van der Waals surface area contributed by atoms with Crippen LogP contribution in [0.5, 0.6) is 0 Å². The molecular formula is C25H30N6OS. The lowest BCUT2D eigenvalue weighted by atomic mass is 9.93. The number of hydrogen-bond acceptors (Lipinski definition) is 7. The molecule has 0 aliphatic carbocycles. The topological polar surface area (TPSA) is 83.0 Å². The number of rotatable bonds is 5. The summed E-state index contributed by atoms with van der Waals surface area (Å²) in [6.45, 7) is 5.64. The molecule has 0 atom stereocenters. The number of anilines is 2. The molecule has 2 fully saturated rings. The predicted octanol–water partition coefficient (Wildman–Crippen LogP) is 4.36. The number of likely N-dealkylation sites (tertiary alicyclic amines) is 1. The molecule has 2 aliphatic heterocycles. The molecule has 2 aliphatic rings. The van der Waals surface area contributed by atoms with E-state index in [1.807, 2.05) is 43.5 Å². The average Bonchev–Trinajstić information content (AvgIpc) is 3.35. The minimum Gasteiger partial charge on any atom is -0.342 e. The summed E-state index contributed by atoms with van der Waals surface area (Å²) in [6, 6.07) is 9.95. The van der Waals surface area contributed by atoms with E-state index >= 15 is 0 Å². The monoisotopic (exact) mass is 462 g/mol. The molecule has 0 bridgehead atoms. The van der Waals surface area contributed by atoms with E-state index in [2.05, 4.69) is 20.5 Å². The van der Waals surface area contributed by atoms with Crippen LogP contribution in [-0.2, 0) is 4.79 Å². The number of carbonyl (C=O) groups is 1. The maximum Gasteiger partial charge on any atom is 0.225 e. The van der Waals surface area contributed by atoms with Crippen LogP contribution in [0.1, 0.15) is 42.2 Å². The second-order valence-corrected chi connectivity index (χ2v) is 10.0. The van der Waals surface area contributed by atoms with Crippen molar-refractivity contribution in [3.05, 3.63) is 53.3 Å². The zero-order valence-corrected chi connectivity index (χ0v) is 19.8. The first kappa shape index (κ1) is 22.0. The van der Waals surface area contributed by atoms with Gasteiger partial charge in [0.05, 0.1) is 15.6 Å². The van der Waals surface area contributed by atoms with E-state index < -0.39 is 0 Å². The van der Waals surface area contributed by atoms with Crippen molar-refractivity contribution in [1.82, 2.24) is 25.2 Å². The van der Waals surface area contributed by atoms with Crippen molar-refractivity contribution in [3.63, 3.8) is 0 Å². The van der Waals surface area contributed by atoms with Gasteiger partial charge in [0.15, 0.2) is 0 Å². The zero-order chi connectivity index (χ0) is 22.6. The van der Waals surface area contributed by atoms with E-state index in [0.29, 0.717) is 11.8 Å². The molecule has 2 N–H and O–H groups in total. The van der Waals surface area contributed by atoms with E-state index in [4.69, 9.17) is 9.97 Å². The normalized spacial score (nSPS) is 17.8. The van der Waals surface area contributed by atoms with Crippen LogP contribution in [0.2, 0.25) is 0 Å². The highest BCUT2D eigenvalue weighted by Crippen LogP contribution is 2.35. The molecule has 1 amide bonds. The second-order valence-electron chi connectivity index (χ2n) is 8.94. The highest BCUT2D eigenvalue weighted by atomic mass is 32.1. The Hall–Kier alpha value is -2.84. The van der Waals surface area contributed by atoms with Gasteiger partial charge in [0.25, 0.3) is 0 Å². The van der Waals surface area contributed by atoms with Gasteiger partial charge in [-0.05, 0) is 75.5 Å². The highest BCUT2D eigenvalue weighted by molar-refractivity contribution is 7.15. The SMILES string of the molecule is Cc1ccnc(Nc2cccc(-c3cnc(C4CCN(C(=O)C5CCNCC5)CC4)s3)n2)c1. The van der Waals surface area contributed by atoms with Gasteiger partial charge in [0.1, 0.15) is 11.6 Å². The number of piperidine rings is 2. The average molecular weight is 463 g/mol. The van der Waals surface area contributed by atoms with E-state index in [1.165, 1.54) is 0 Å². The number of pyridine rings is 2. The molecule has 0 saturated carbocycles. The Kier molecular flexibility index (Phi) is 6.64. The van der Waals surface area contributed by atoms with Gasteiger partial charge in [-0.1, -0.05) is 6.07 Å². The van der Waals surface area contributed by atoms with Crippen molar-refractivity contribution in [3.8, 4) is 10.6 Å². The smallest absolute Gasteiger partial charge is 0.225 e. The summed E-state index contributed by atoms with van der Waals surface area (Å²) in [5.74, 6) is 2.53. The maximum absolute atomic E-state index is 12.8. The first-order valence-electron chi connectivity index (χ1n) is 11.8. The third-order valence-corrected chi connectivity index (χ3v) is 7.72. The molecular weight excluding hydrogens is 432 g/mol. The first-order valence-corrected chi connectivity index (χ1v) is 12.6. The van der Waals surface area contributed by atoms with Crippen molar-refractivity contribution >= 4 is 28.9 Å². The molecule has 33 heavy (non-hydrogen) atoms. The zero-order valence-electron chi connectivity index (χ0n) is 19.0. The third-order valence-electron chi connectivity index (χ3n) is 6.54. The fraction of sp³-hybridized carbons (Fsp3) is 0.440. The Balaban J connectivity index is 1.21. The number of aryl methyl sites for hydroxylation is 1. The Morgan fingerprint density at radius 3 is 2.70 bits per heavy atom. The molecule has 0 aromatic carbocycles. The highest BCUT2D eigenvalue weighted by Gasteiger charge is 2.30. The van der Waals surface area contributed by atoms with E-state index in [9.17, 15) is 4.79 Å². The lowest BCUT2D eigenvalue weighted by Crippen LogP contribution is -2.44. The molecule has 3 aromatic rings. The third kappa shape index (κ3) is 5.23. The quantitative estimate of drug-likeness (QED) is 0.586. The molecule has 0 spiro atoms. The number of thiazole rings is 1. The van der Waals surface area contributed by atoms with Gasteiger partial charge in [-0.25, -0.2) is 15.0 Å². The molecule has 5 rings (SSSR count). The summed E-state index contributed by atoms with van der Waals surface area (Å²) in [5, 5.41) is 7.79. The molecule has 5 heterocycles.